The van der Waals surface area contributed by atoms with Crippen molar-refractivity contribution < 1.29 is 18.3 Å². The van der Waals surface area contributed by atoms with Crippen molar-refractivity contribution in [2.24, 2.45) is 0 Å². The normalized spacial score (nSPS) is 11.4. The van der Waals surface area contributed by atoms with Crippen LogP contribution in [-0.4, -0.2) is 34.7 Å². The number of carboxylic acids is 1. The molecule has 112 valence electrons. The van der Waals surface area contributed by atoms with Gasteiger partial charge in [0.05, 0.1) is 15.6 Å². The number of carbonyl (C=O) groups is 1. The first-order valence-corrected chi connectivity index (χ1v) is 7.59. The Morgan fingerprint density at radius 2 is 2.00 bits per heavy atom. The zero-order valence-corrected chi connectivity index (χ0v) is 12.7. The smallest absolute Gasteiger partial charge is 0.337 e. The summed E-state index contributed by atoms with van der Waals surface area (Å²) in [6.45, 7) is 1.59. The lowest BCUT2D eigenvalue weighted by Crippen LogP contribution is -2.15. The standard InChI is InChI=1S/C10H8Cl2N4O4S/c1-4-13-10(15-14-4)16-21(19,20)8-2-5(9(17)18)6(11)3-7(8)12/h2-3H,1H3,(H,17,18)(H2,13,14,15,16). The summed E-state index contributed by atoms with van der Waals surface area (Å²) in [7, 11) is -4.15. The van der Waals surface area contributed by atoms with Crippen LogP contribution in [0.25, 0.3) is 0 Å². The average molecular weight is 351 g/mol. The highest BCUT2D eigenvalue weighted by molar-refractivity contribution is 7.92. The van der Waals surface area contributed by atoms with Gasteiger partial charge in [-0.3, -0.25) is 5.10 Å². The van der Waals surface area contributed by atoms with Crippen LogP contribution in [0, 0.1) is 6.92 Å². The van der Waals surface area contributed by atoms with Gasteiger partial charge >= 0.3 is 5.97 Å². The van der Waals surface area contributed by atoms with E-state index in [-0.39, 0.29) is 21.6 Å². The van der Waals surface area contributed by atoms with Crippen LogP contribution in [0.4, 0.5) is 5.95 Å². The van der Waals surface area contributed by atoms with Gasteiger partial charge in [0.2, 0.25) is 0 Å². The zero-order chi connectivity index (χ0) is 15.8. The van der Waals surface area contributed by atoms with Crippen LogP contribution >= 0.6 is 23.2 Å². The van der Waals surface area contributed by atoms with Crippen LogP contribution in [0.1, 0.15) is 16.2 Å². The molecule has 0 saturated heterocycles. The first-order valence-electron chi connectivity index (χ1n) is 5.35. The molecular weight excluding hydrogens is 343 g/mol. The molecule has 0 bridgehead atoms. The van der Waals surface area contributed by atoms with E-state index in [1.165, 1.54) is 0 Å². The Balaban J connectivity index is 2.49. The molecule has 0 radical (unpaired) electrons. The van der Waals surface area contributed by atoms with Gasteiger partial charge in [0, 0.05) is 0 Å². The number of aromatic nitrogens is 3. The van der Waals surface area contributed by atoms with Gasteiger partial charge in [0.15, 0.2) is 0 Å². The van der Waals surface area contributed by atoms with Crippen LogP contribution in [0.2, 0.25) is 10.0 Å². The molecule has 0 spiro atoms. The fourth-order valence-corrected chi connectivity index (χ4v) is 3.26. The maximum absolute atomic E-state index is 12.2. The molecule has 0 aliphatic rings. The summed E-state index contributed by atoms with van der Waals surface area (Å²) in [5, 5.41) is 14.7. The van der Waals surface area contributed by atoms with Gasteiger partial charge in [-0.1, -0.05) is 23.2 Å². The molecule has 2 aromatic rings. The largest absolute Gasteiger partial charge is 0.478 e. The number of anilines is 1. The Morgan fingerprint density at radius 1 is 1.33 bits per heavy atom. The highest BCUT2D eigenvalue weighted by atomic mass is 35.5. The molecule has 1 heterocycles. The Labute approximate surface area is 129 Å². The summed E-state index contributed by atoms with van der Waals surface area (Å²) in [6, 6.07) is 1.92. The lowest BCUT2D eigenvalue weighted by Gasteiger charge is -2.08. The molecule has 0 aliphatic carbocycles. The average Bonchev–Trinajstić information content (AvgIpc) is 2.72. The van der Waals surface area contributed by atoms with Gasteiger partial charge < -0.3 is 5.11 Å². The quantitative estimate of drug-likeness (QED) is 0.773. The maximum Gasteiger partial charge on any atom is 0.337 e. The summed E-state index contributed by atoms with van der Waals surface area (Å²) in [5.41, 5.74) is -0.382. The Morgan fingerprint density at radius 3 is 2.52 bits per heavy atom. The number of aromatic carboxylic acids is 1. The second-order valence-corrected chi connectivity index (χ2v) is 6.38. The molecule has 0 unspecified atom stereocenters. The first-order chi connectivity index (χ1) is 9.70. The predicted molar refractivity (Wildman–Crippen MR) is 75.3 cm³/mol. The van der Waals surface area contributed by atoms with E-state index < -0.39 is 20.9 Å². The minimum atomic E-state index is -4.15. The number of rotatable bonds is 4. The maximum atomic E-state index is 12.2. The number of H-pyrrole nitrogens is 1. The van der Waals surface area contributed by atoms with Gasteiger partial charge in [-0.05, 0) is 19.1 Å². The van der Waals surface area contributed by atoms with E-state index in [0.717, 1.165) is 12.1 Å². The second kappa shape index (κ2) is 5.51. The van der Waals surface area contributed by atoms with E-state index in [1.807, 2.05) is 0 Å². The van der Waals surface area contributed by atoms with E-state index in [2.05, 4.69) is 19.9 Å². The van der Waals surface area contributed by atoms with E-state index in [0.29, 0.717) is 5.82 Å². The lowest BCUT2D eigenvalue weighted by molar-refractivity contribution is 0.0697. The number of hydrogen-bond acceptors (Lipinski definition) is 5. The predicted octanol–water partition coefficient (Wildman–Crippen LogP) is 1.92. The minimum absolute atomic E-state index is 0.166. The number of halogens is 2. The Kier molecular flexibility index (Phi) is 4.08. The molecule has 1 aromatic heterocycles. The second-order valence-electron chi connectivity index (χ2n) is 3.92. The van der Waals surface area contributed by atoms with Crippen LogP contribution in [-0.2, 0) is 10.0 Å². The third kappa shape index (κ3) is 3.26. The van der Waals surface area contributed by atoms with Gasteiger partial charge in [0.1, 0.15) is 10.7 Å². The molecule has 11 heteroatoms. The summed E-state index contributed by atoms with van der Waals surface area (Å²) in [5.74, 6) is -1.15. The van der Waals surface area contributed by atoms with Crippen molar-refractivity contribution in [3.63, 3.8) is 0 Å². The van der Waals surface area contributed by atoms with Gasteiger partial charge in [0.25, 0.3) is 16.0 Å². The van der Waals surface area contributed by atoms with Crippen molar-refractivity contribution in [3.05, 3.63) is 33.6 Å². The number of carboxylic acid groups (broad SMARTS) is 1. The topological polar surface area (TPSA) is 125 Å². The molecule has 2 rings (SSSR count). The van der Waals surface area contributed by atoms with Crippen molar-refractivity contribution in [1.29, 1.82) is 0 Å². The third-order valence-corrected chi connectivity index (χ3v) is 4.47. The molecule has 0 saturated carbocycles. The molecule has 3 N–H and O–H groups in total. The number of hydrogen-bond donors (Lipinski definition) is 3. The Bertz CT molecular complexity index is 818. The highest BCUT2D eigenvalue weighted by Crippen LogP contribution is 2.29. The van der Waals surface area contributed by atoms with Gasteiger partial charge in [-0.15, -0.1) is 5.10 Å². The zero-order valence-electron chi connectivity index (χ0n) is 10.4. The SMILES string of the molecule is Cc1nc(NS(=O)(=O)c2cc(C(=O)O)c(Cl)cc2Cl)n[nH]1. The van der Waals surface area contributed by atoms with Crippen molar-refractivity contribution in [2.45, 2.75) is 11.8 Å². The van der Waals surface area contributed by atoms with Crippen molar-refractivity contribution in [1.82, 2.24) is 15.2 Å². The van der Waals surface area contributed by atoms with Crippen LogP contribution in [0.15, 0.2) is 17.0 Å². The Hall–Kier alpha value is -1.84. The monoisotopic (exact) mass is 350 g/mol. The number of aryl methyl sites for hydroxylation is 1. The summed E-state index contributed by atoms with van der Waals surface area (Å²) in [4.78, 5) is 14.3. The fraction of sp³-hybridized carbons (Fsp3) is 0.100. The molecule has 21 heavy (non-hydrogen) atoms. The number of nitrogens with one attached hydrogen (secondary N) is 2. The van der Waals surface area contributed by atoms with Crippen molar-refractivity contribution >= 4 is 45.1 Å². The molecule has 0 atom stereocenters. The van der Waals surface area contributed by atoms with E-state index in [4.69, 9.17) is 28.3 Å². The van der Waals surface area contributed by atoms with E-state index in [1.54, 1.807) is 6.92 Å². The minimum Gasteiger partial charge on any atom is -0.478 e. The van der Waals surface area contributed by atoms with Crippen LogP contribution < -0.4 is 4.72 Å². The molecule has 0 fully saturated rings. The molecule has 0 amide bonds. The number of aromatic amines is 1. The van der Waals surface area contributed by atoms with Gasteiger partial charge in [-0.25, -0.2) is 17.9 Å². The highest BCUT2D eigenvalue weighted by Gasteiger charge is 2.23. The third-order valence-electron chi connectivity index (χ3n) is 2.36. The number of nitrogens with zero attached hydrogens (tertiary/aromatic N) is 2. The first kappa shape index (κ1) is 15.5. The fourth-order valence-electron chi connectivity index (χ4n) is 1.46. The van der Waals surface area contributed by atoms with E-state index >= 15 is 0 Å². The number of benzene rings is 1. The summed E-state index contributed by atoms with van der Waals surface area (Å²) < 4.78 is 26.5. The van der Waals surface area contributed by atoms with Crippen molar-refractivity contribution in [2.75, 3.05) is 4.72 Å². The lowest BCUT2D eigenvalue weighted by atomic mass is 10.2. The van der Waals surface area contributed by atoms with Crippen molar-refractivity contribution in [3.8, 4) is 0 Å². The summed E-state index contributed by atoms with van der Waals surface area (Å²) >= 11 is 11.5. The summed E-state index contributed by atoms with van der Waals surface area (Å²) in [6.07, 6.45) is 0. The molecule has 8 nitrogen and oxygen atoms in total. The number of sulfonamides is 1. The molecular formula is C10H8Cl2N4O4S. The van der Waals surface area contributed by atoms with Crippen LogP contribution in [0.3, 0.4) is 0 Å². The van der Waals surface area contributed by atoms with Crippen LogP contribution in [0.5, 0.6) is 0 Å². The van der Waals surface area contributed by atoms with E-state index in [9.17, 15) is 13.2 Å². The van der Waals surface area contributed by atoms with Gasteiger partial charge in [-0.2, -0.15) is 4.98 Å². The molecule has 1 aromatic carbocycles. The molecule has 0 aliphatic heterocycles.